The van der Waals surface area contributed by atoms with E-state index in [1.165, 1.54) is 28.0 Å². The Kier molecular flexibility index (Phi) is 8.39. The van der Waals surface area contributed by atoms with Gasteiger partial charge in [0.05, 0.1) is 46.0 Å². The number of aromatic hydroxyl groups is 1. The van der Waals surface area contributed by atoms with Crippen LogP contribution >= 0.6 is 38.9 Å². The molecule has 2 aliphatic heterocycles. The first-order valence-electron chi connectivity index (χ1n) is 17.1. The van der Waals surface area contributed by atoms with Gasteiger partial charge in [-0.25, -0.2) is 4.90 Å². The lowest BCUT2D eigenvalue weighted by atomic mass is 9.51. The van der Waals surface area contributed by atoms with Crippen LogP contribution in [0.5, 0.6) is 11.5 Å². The first-order valence-corrected chi connectivity index (χ1v) is 19.1. The van der Waals surface area contributed by atoms with E-state index in [2.05, 4.69) is 15.9 Å². The Hall–Kier alpha value is -4.53. The average molecular weight is 822 g/mol. The molecule has 53 heavy (non-hydrogen) atoms. The quantitative estimate of drug-likeness (QED) is 0.158. The standard InChI is InChI=1S/C38H34BrClN4O8S/c1-16-21-13-18(40)5-8-27(21)53-33(16)25-15-28(42(3)41-25)44-35(49)23-14-22-19(6-7-20-30(22)36(50)43(34(20)48)10-9-29(45)46)31(38(23,2)37(44)51)17-11-24(39)32(47)26(12-17)52-4/h5-6,8,11-13,15,20,22-23,30-31,47H,7,9-10,14H2,1-4H3,(H,45,46). The van der Waals surface area contributed by atoms with Crippen LogP contribution in [-0.4, -0.2) is 68.1 Å². The Bertz CT molecular complexity index is 2350. The summed E-state index contributed by atoms with van der Waals surface area (Å²) in [4.78, 5) is 71.9. The molecular formula is C38H34BrClN4O8S. The second kappa shape index (κ2) is 12.5. The smallest absolute Gasteiger partial charge is 0.305 e. The zero-order chi connectivity index (χ0) is 37.8. The van der Waals surface area contributed by atoms with Gasteiger partial charge in [-0.2, -0.15) is 5.10 Å². The van der Waals surface area contributed by atoms with Crippen molar-refractivity contribution in [3.8, 4) is 22.1 Å². The Balaban J connectivity index is 1.25. The van der Waals surface area contributed by atoms with Crippen molar-refractivity contribution in [2.45, 2.75) is 39.0 Å². The average Bonchev–Trinajstić information content (AvgIpc) is 3.78. The second-order valence-corrected chi connectivity index (χ2v) is 16.7. The molecule has 4 heterocycles. The minimum absolute atomic E-state index is 0.129. The highest BCUT2D eigenvalue weighted by molar-refractivity contribution is 9.10. The Morgan fingerprint density at radius 1 is 1.11 bits per heavy atom. The monoisotopic (exact) mass is 820 g/mol. The summed E-state index contributed by atoms with van der Waals surface area (Å²) in [5, 5.41) is 26.4. The van der Waals surface area contributed by atoms with E-state index in [4.69, 9.17) is 21.4 Å². The Morgan fingerprint density at radius 2 is 1.87 bits per heavy atom. The molecule has 12 nitrogen and oxygen atoms in total. The van der Waals surface area contributed by atoms with E-state index in [0.29, 0.717) is 26.6 Å². The molecule has 2 N–H and O–H groups in total. The number of allylic oxidation sites excluding steroid dienone is 2. The van der Waals surface area contributed by atoms with Gasteiger partial charge in [0.2, 0.25) is 23.6 Å². The number of rotatable bonds is 7. The van der Waals surface area contributed by atoms with Crippen molar-refractivity contribution >= 4 is 84.4 Å². The van der Waals surface area contributed by atoms with Crippen molar-refractivity contribution in [2.75, 3.05) is 18.6 Å². The van der Waals surface area contributed by atoms with Crippen molar-refractivity contribution in [1.29, 1.82) is 0 Å². The lowest BCUT2D eigenvalue weighted by molar-refractivity contribution is -0.142. The topological polar surface area (TPSA) is 159 Å². The van der Waals surface area contributed by atoms with Gasteiger partial charge in [0.25, 0.3) is 0 Å². The van der Waals surface area contributed by atoms with Gasteiger partial charge in [-0.1, -0.05) is 23.3 Å². The molecule has 8 rings (SSSR count). The molecule has 0 radical (unpaired) electrons. The minimum atomic E-state index is -1.35. The number of imide groups is 2. The number of hydrogen-bond acceptors (Lipinski definition) is 9. The summed E-state index contributed by atoms with van der Waals surface area (Å²) in [7, 11) is 3.10. The number of phenolic OH excluding ortho intramolecular Hbond substituents is 1. The van der Waals surface area contributed by atoms with E-state index in [9.17, 15) is 29.4 Å². The third-order valence-corrected chi connectivity index (χ3v) is 13.9. The van der Waals surface area contributed by atoms with E-state index < -0.39 is 64.6 Å². The first-order chi connectivity index (χ1) is 25.2. The molecule has 4 amide bonds. The third kappa shape index (κ3) is 5.12. The molecule has 15 heteroatoms. The van der Waals surface area contributed by atoms with Crippen molar-refractivity contribution < 1.29 is 38.9 Å². The summed E-state index contributed by atoms with van der Waals surface area (Å²) in [6, 6.07) is 10.8. The van der Waals surface area contributed by atoms with E-state index in [-0.39, 0.29) is 37.3 Å². The van der Waals surface area contributed by atoms with Crippen LogP contribution in [-0.2, 0) is 31.0 Å². The maximum absolute atomic E-state index is 15.1. The fourth-order valence-corrected chi connectivity index (χ4v) is 11.0. The number of aliphatic carboxylic acids is 1. The summed E-state index contributed by atoms with van der Waals surface area (Å²) in [5.74, 6) is -6.35. The van der Waals surface area contributed by atoms with Crippen LogP contribution in [0, 0.1) is 36.0 Å². The number of carboxylic acid groups (broad SMARTS) is 1. The highest BCUT2D eigenvalue weighted by Crippen LogP contribution is 2.64. The lowest BCUT2D eigenvalue weighted by Crippen LogP contribution is -2.49. The number of amides is 4. The maximum atomic E-state index is 15.1. The van der Waals surface area contributed by atoms with Crippen LogP contribution in [0.15, 0.2) is 52.5 Å². The van der Waals surface area contributed by atoms with E-state index in [1.54, 1.807) is 32.2 Å². The van der Waals surface area contributed by atoms with Gasteiger partial charge < -0.3 is 14.9 Å². The lowest BCUT2D eigenvalue weighted by Gasteiger charge is -2.49. The number of aromatic nitrogens is 2. The Morgan fingerprint density at radius 3 is 2.58 bits per heavy atom. The van der Waals surface area contributed by atoms with Gasteiger partial charge in [-0.15, -0.1) is 11.3 Å². The molecule has 3 fully saturated rings. The second-order valence-electron chi connectivity index (χ2n) is 14.4. The number of methoxy groups -OCH3 is 1. The fourth-order valence-electron chi connectivity index (χ4n) is 9.24. The zero-order valence-corrected chi connectivity index (χ0v) is 32.2. The molecule has 0 bridgehead atoms. The number of phenols is 1. The number of carboxylic acids is 1. The number of carbonyl (C=O) groups is 5. The summed E-state index contributed by atoms with van der Waals surface area (Å²) >= 11 is 11.3. The predicted molar refractivity (Wildman–Crippen MR) is 200 cm³/mol. The highest BCUT2D eigenvalue weighted by Gasteiger charge is 2.68. The van der Waals surface area contributed by atoms with Gasteiger partial charge in [0.15, 0.2) is 11.5 Å². The molecule has 0 spiro atoms. The number of fused-ring (bicyclic) bond motifs is 5. The number of halogens is 2. The fraction of sp³-hybridized carbons (Fsp3) is 0.368. The number of benzene rings is 2. The van der Waals surface area contributed by atoms with Gasteiger partial charge in [-0.3, -0.25) is 33.6 Å². The number of carbonyl (C=O) groups excluding carboxylic acids is 4. The van der Waals surface area contributed by atoms with Gasteiger partial charge in [0, 0.05) is 35.3 Å². The molecule has 2 aliphatic carbocycles. The third-order valence-electron chi connectivity index (χ3n) is 11.7. The zero-order valence-electron chi connectivity index (χ0n) is 29.1. The highest BCUT2D eigenvalue weighted by atomic mass is 79.9. The molecule has 274 valence electrons. The van der Waals surface area contributed by atoms with E-state index in [0.717, 1.165) is 31.0 Å². The predicted octanol–water partition coefficient (Wildman–Crippen LogP) is 6.45. The van der Waals surface area contributed by atoms with Crippen LogP contribution < -0.4 is 9.64 Å². The first kappa shape index (κ1) is 35.5. The number of ether oxygens (including phenoxy) is 1. The molecule has 1 saturated carbocycles. The number of aryl methyl sites for hydroxylation is 2. The molecule has 2 aromatic carbocycles. The number of anilines is 1. The number of hydrogen-bond donors (Lipinski definition) is 2. The Labute approximate surface area is 321 Å². The van der Waals surface area contributed by atoms with Crippen LogP contribution in [0.3, 0.4) is 0 Å². The summed E-state index contributed by atoms with van der Waals surface area (Å²) in [5.41, 5.74) is 1.55. The van der Waals surface area contributed by atoms with E-state index in [1.807, 2.05) is 31.2 Å². The number of thiophene rings is 1. The summed E-state index contributed by atoms with van der Waals surface area (Å²) < 4.78 is 8.37. The number of nitrogens with zero attached hydrogens (tertiary/aromatic N) is 4. The van der Waals surface area contributed by atoms with Crippen LogP contribution in [0.2, 0.25) is 5.02 Å². The maximum Gasteiger partial charge on any atom is 0.305 e. The molecular weight excluding hydrogens is 788 g/mol. The molecule has 4 aliphatic rings. The van der Waals surface area contributed by atoms with Gasteiger partial charge >= 0.3 is 5.97 Å². The van der Waals surface area contributed by atoms with Crippen molar-refractivity contribution in [3.05, 3.63) is 68.7 Å². The van der Waals surface area contributed by atoms with Gasteiger partial charge in [-0.05, 0) is 95.4 Å². The molecule has 6 unspecified atom stereocenters. The molecule has 2 aromatic heterocycles. The van der Waals surface area contributed by atoms with Crippen LogP contribution in [0.4, 0.5) is 5.82 Å². The van der Waals surface area contributed by atoms with E-state index >= 15 is 4.79 Å². The van der Waals surface area contributed by atoms with Crippen LogP contribution in [0.1, 0.15) is 43.2 Å². The minimum Gasteiger partial charge on any atom is -0.503 e. The van der Waals surface area contributed by atoms with Crippen LogP contribution in [0.25, 0.3) is 20.7 Å². The normalized spacial score (nSPS) is 26.6. The molecule has 6 atom stereocenters. The summed E-state index contributed by atoms with van der Waals surface area (Å²) in [6.07, 6.45) is 1.88. The van der Waals surface area contributed by atoms with Crippen molar-refractivity contribution in [3.63, 3.8) is 0 Å². The van der Waals surface area contributed by atoms with Crippen molar-refractivity contribution in [1.82, 2.24) is 14.7 Å². The SMILES string of the molecule is COc1cc(C2C3=CCC4C(=O)N(CCC(=O)O)C(=O)C4C3CC3C(=O)N(c4cc(-c5sc6ccc(Cl)cc6c5C)nn4C)C(=O)C32C)cc(Br)c1O. The largest absolute Gasteiger partial charge is 0.503 e. The number of likely N-dealkylation sites (tertiary alicyclic amines) is 1. The summed E-state index contributed by atoms with van der Waals surface area (Å²) in [6.45, 7) is 3.52. The van der Waals surface area contributed by atoms with Crippen molar-refractivity contribution in [2.24, 2.45) is 36.1 Å². The molecule has 2 saturated heterocycles. The van der Waals surface area contributed by atoms with Gasteiger partial charge in [0.1, 0.15) is 11.5 Å². The molecule has 4 aromatic rings.